The molecule has 1 aromatic carbocycles. The Hall–Kier alpha value is -1.22. The van der Waals surface area contributed by atoms with Crippen LogP contribution in [-0.2, 0) is 0 Å². The zero-order chi connectivity index (χ0) is 11.4. The molecule has 15 heavy (non-hydrogen) atoms. The molecule has 0 amide bonds. The Kier molecular flexibility index (Phi) is 3.97. The molecule has 0 saturated heterocycles. The lowest BCUT2D eigenvalue weighted by atomic mass is 10.1. The van der Waals surface area contributed by atoms with Crippen molar-refractivity contribution in [3.05, 3.63) is 23.8 Å². The Balaban J connectivity index is 2.73. The summed E-state index contributed by atoms with van der Waals surface area (Å²) in [5.74, 6) is 0. The molecule has 1 aromatic rings. The summed E-state index contributed by atoms with van der Waals surface area (Å²) in [6.07, 6.45) is 0.513. The molecule has 0 radical (unpaired) electrons. The highest BCUT2D eigenvalue weighted by molar-refractivity contribution is 5.63. The molecular weight excluding hydrogens is 188 g/mol. The van der Waals surface area contributed by atoms with Crippen molar-refractivity contribution in [2.45, 2.75) is 26.4 Å². The molecule has 3 N–H and O–H groups in total. The van der Waals surface area contributed by atoms with Crippen LogP contribution >= 0.6 is 0 Å². The maximum Gasteiger partial charge on any atom is 0.0528 e. The molecule has 3 nitrogen and oxygen atoms in total. The number of benzene rings is 1. The smallest absolute Gasteiger partial charge is 0.0528 e. The van der Waals surface area contributed by atoms with Crippen molar-refractivity contribution in [2.24, 2.45) is 0 Å². The number of nitrogen functional groups attached to an aromatic ring is 1. The number of hydrogen-bond donors (Lipinski definition) is 2. The summed E-state index contributed by atoms with van der Waals surface area (Å²) in [6.45, 7) is 4.66. The van der Waals surface area contributed by atoms with Crippen LogP contribution in [0, 0.1) is 6.92 Å². The summed E-state index contributed by atoms with van der Waals surface area (Å²) >= 11 is 0. The van der Waals surface area contributed by atoms with Crippen molar-refractivity contribution in [3.63, 3.8) is 0 Å². The Labute approximate surface area is 91.5 Å². The number of anilines is 2. The molecule has 3 heteroatoms. The largest absolute Gasteiger partial charge is 0.398 e. The third-order valence-electron chi connectivity index (χ3n) is 2.64. The Bertz CT molecular complexity index is 323. The number of aliphatic hydroxyl groups excluding tert-OH is 1. The lowest BCUT2D eigenvalue weighted by molar-refractivity contribution is 0.187. The predicted octanol–water partition coefficient (Wildman–Crippen LogP) is 1.78. The quantitative estimate of drug-likeness (QED) is 0.742. The van der Waals surface area contributed by atoms with E-state index in [1.54, 1.807) is 6.92 Å². The second-order valence-corrected chi connectivity index (χ2v) is 4.05. The molecule has 84 valence electrons. The van der Waals surface area contributed by atoms with E-state index < -0.39 is 0 Å². The van der Waals surface area contributed by atoms with Gasteiger partial charge in [0.2, 0.25) is 0 Å². The van der Waals surface area contributed by atoms with E-state index in [4.69, 9.17) is 5.73 Å². The first-order chi connectivity index (χ1) is 7.02. The molecule has 1 atom stereocenters. The first-order valence-electron chi connectivity index (χ1n) is 5.26. The standard InChI is InChI=1S/C12H20N2O/c1-9(15)7-8-14(3)12-6-4-5-11(13)10(12)2/h4-6,9,15H,7-8,13H2,1-3H3. The average Bonchev–Trinajstić information content (AvgIpc) is 2.18. The fourth-order valence-electron chi connectivity index (χ4n) is 1.56. The van der Waals surface area contributed by atoms with Gasteiger partial charge in [0.1, 0.15) is 0 Å². The number of rotatable bonds is 4. The van der Waals surface area contributed by atoms with Gasteiger partial charge in [-0.2, -0.15) is 0 Å². The van der Waals surface area contributed by atoms with E-state index in [-0.39, 0.29) is 6.10 Å². The van der Waals surface area contributed by atoms with Gasteiger partial charge in [-0.15, -0.1) is 0 Å². The van der Waals surface area contributed by atoms with E-state index in [2.05, 4.69) is 4.90 Å². The minimum Gasteiger partial charge on any atom is -0.398 e. The number of aliphatic hydroxyl groups is 1. The van der Waals surface area contributed by atoms with Crippen LogP contribution < -0.4 is 10.6 Å². The van der Waals surface area contributed by atoms with E-state index in [1.807, 2.05) is 32.2 Å². The van der Waals surface area contributed by atoms with E-state index in [0.29, 0.717) is 0 Å². The molecule has 0 spiro atoms. The molecule has 1 rings (SSSR count). The van der Waals surface area contributed by atoms with Gasteiger partial charge in [0, 0.05) is 25.0 Å². The van der Waals surface area contributed by atoms with Crippen LogP contribution in [0.15, 0.2) is 18.2 Å². The molecule has 0 saturated carbocycles. The van der Waals surface area contributed by atoms with Gasteiger partial charge < -0.3 is 15.7 Å². The lowest BCUT2D eigenvalue weighted by Crippen LogP contribution is -2.22. The summed E-state index contributed by atoms with van der Waals surface area (Å²) < 4.78 is 0. The van der Waals surface area contributed by atoms with Gasteiger partial charge in [-0.05, 0) is 38.0 Å². The van der Waals surface area contributed by atoms with Crippen LogP contribution in [0.5, 0.6) is 0 Å². The molecule has 0 heterocycles. The molecule has 0 bridgehead atoms. The second kappa shape index (κ2) is 5.03. The van der Waals surface area contributed by atoms with Crippen LogP contribution in [-0.4, -0.2) is 24.8 Å². The summed E-state index contributed by atoms with van der Waals surface area (Å²) in [5, 5.41) is 9.22. The molecule has 0 fully saturated rings. The van der Waals surface area contributed by atoms with Crippen molar-refractivity contribution in [1.29, 1.82) is 0 Å². The summed E-state index contributed by atoms with van der Waals surface area (Å²) in [4.78, 5) is 2.12. The van der Waals surface area contributed by atoms with Gasteiger partial charge in [0.25, 0.3) is 0 Å². The maximum atomic E-state index is 9.22. The van der Waals surface area contributed by atoms with Gasteiger partial charge in [-0.3, -0.25) is 0 Å². The molecule has 0 aromatic heterocycles. The zero-order valence-electron chi connectivity index (χ0n) is 9.70. The summed E-state index contributed by atoms with van der Waals surface area (Å²) in [7, 11) is 2.02. The number of nitrogens with zero attached hydrogens (tertiary/aromatic N) is 1. The van der Waals surface area contributed by atoms with Crippen molar-refractivity contribution >= 4 is 11.4 Å². The zero-order valence-corrected chi connectivity index (χ0v) is 9.70. The molecule has 0 aliphatic carbocycles. The average molecular weight is 208 g/mol. The minimum absolute atomic E-state index is 0.256. The van der Waals surface area contributed by atoms with E-state index in [1.165, 1.54) is 0 Å². The first kappa shape index (κ1) is 11.9. The van der Waals surface area contributed by atoms with Gasteiger partial charge in [-0.1, -0.05) is 6.07 Å². The van der Waals surface area contributed by atoms with Gasteiger partial charge in [0.05, 0.1) is 6.10 Å². The molecule has 1 unspecified atom stereocenters. The molecular formula is C12H20N2O. The predicted molar refractivity (Wildman–Crippen MR) is 65.2 cm³/mol. The Morgan fingerprint density at radius 1 is 1.47 bits per heavy atom. The monoisotopic (exact) mass is 208 g/mol. The van der Waals surface area contributed by atoms with Gasteiger partial charge >= 0.3 is 0 Å². The highest BCUT2D eigenvalue weighted by Gasteiger charge is 2.07. The highest BCUT2D eigenvalue weighted by Crippen LogP contribution is 2.23. The van der Waals surface area contributed by atoms with E-state index in [0.717, 1.165) is 29.9 Å². The van der Waals surface area contributed by atoms with Crippen molar-refractivity contribution in [3.8, 4) is 0 Å². The third-order valence-corrected chi connectivity index (χ3v) is 2.64. The van der Waals surface area contributed by atoms with Crippen LogP contribution in [0.4, 0.5) is 11.4 Å². The fraction of sp³-hybridized carbons (Fsp3) is 0.500. The first-order valence-corrected chi connectivity index (χ1v) is 5.26. The molecule has 0 aliphatic rings. The molecule has 0 aliphatic heterocycles. The Morgan fingerprint density at radius 3 is 2.73 bits per heavy atom. The number of nitrogens with two attached hydrogens (primary N) is 1. The van der Waals surface area contributed by atoms with Crippen LogP contribution in [0.2, 0.25) is 0 Å². The minimum atomic E-state index is -0.256. The van der Waals surface area contributed by atoms with Gasteiger partial charge in [-0.25, -0.2) is 0 Å². The van der Waals surface area contributed by atoms with Crippen molar-refractivity contribution in [2.75, 3.05) is 24.2 Å². The van der Waals surface area contributed by atoms with Crippen LogP contribution in [0.25, 0.3) is 0 Å². The summed E-state index contributed by atoms with van der Waals surface area (Å²) in [5.41, 5.74) is 8.89. The lowest BCUT2D eigenvalue weighted by Gasteiger charge is -2.22. The van der Waals surface area contributed by atoms with E-state index >= 15 is 0 Å². The van der Waals surface area contributed by atoms with E-state index in [9.17, 15) is 5.11 Å². The topological polar surface area (TPSA) is 49.5 Å². The van der Waals surface area contributed by atoms with Crippen LogP contribution in [0.3, 0.4) is 0 Å². The Morgan fingerprint density at radius 2 is 2.13 bits per heavy atom. The third kappa shape index (κ3) is 3.13. The van der Waals surface area contributed by atoms with Gasteiger partial charge in [0.15, 0.2) is 0 Å². The number of hydrogen-bond acceptors (Lipinski definition) is 3. The van der Waals surface area contributed by atoms with Crippen LogP contribution in [0.1, 0.15) is 18.9 Å². The van der Waals surface area contributed by atoms with Crippen molar-refractivity contribution in [1.82, 2.24) is 0 Å². The maximum absolute atomic E-state index is 9.22. The SMILES string of the molecule is Cc1c(N)cccc1N(C)CCC(C)O. The van der Waals surface area contributed by atoms with Crippen molar-refractivity contribution < 1.29 is 5.11 Å². The summed E-state index contributed by atoms with van der Waals surface area (Å²) in [6, 6.07) is 5.91. The normalized spacial score (nSPS) is 12.5. The highest BCUT2D eigenvalue weighted by atomic mass is 16.3. The fourth-order valence-corrected chi connectivity index (χ4v) is 1.56. The second-order valence-electron chi connectivity index (χ2n) is 4.05.